The maximum absolute atomic E-state index is 13.1. The highest BCUT2D eigenvalue weighted by Crippen LogP contribution is 2.25. The molecule has 5 heteroatoms. The average Bonchev–Trinajstić information content (AvgIpc) is 2.42. The van der Waals surface area contributed by atoms with Gasteiger partial charge in [0.15, 0.2) is 0 Å². The number of nitriles is 1. The van der Waals surface area contributed by atoms with E-state index in [1.165, 1.54) is 18.2 Å². The lowest BCUT2D eigenvalue weighted by molar-refractivity contribution is -0.117. The molecule has 0 atom stereocenters. The number of anilines is 1. The van der Waals surface area contributed by atoms with Crippen LogP contribution in [0.1, 0.15) is 24.8 Å². The average molecular weight is 278 g/mol. The Morgan fingerprint density at radius 3 is 2.89 bits per heavy atom. The number of hydrogen-bond acceptors (Lipinski definition) is 3. The molecule has 100 valence electrons. The number of halogens is 1. The van der Waals surface area contributed by atoms with Gasteiger partial charge in [-0.1, -0.05) is 0 Å². The fourth-order valence-corrected chi connectivity index (χ4v) is 3.32. The number of rotatable bonds is 3. The Bertz CT molecular complexity index is 507. The number of nitrogens with zero attached hydrogens (tertiary/aromatic N) is 1. The van der Waals surface area contributed by atoms with E-state index in [1.54, 1.807) is 6.07 Å². The number of carbonyl (C=O) groups is 1. The summed E-state index contributed by atoms with van der Waals surface area (Å²) in [5.41, 5.74) is 0.431. The summed E-state index contributed by atoms with van der Waals surface area (Å²) in [6.07, 6.45) is 2.65. The number of benzene rings is 1. The number of hydrogen-bond donors (Lipinski definition) is 1. The quantitative estimate of drug-likeness (QED) is 0.924. The van der Waals surface area contributed by atoms with Crippen LogP contribution in [0.2, 0.25) is 0 Å². The van der Waals surface area contributed by atoms with Crippen molar-refractivity contribution in [3.05, 3.63) is 29.6 Å². The van der Waals surface area contributed by atoms with Gasteiger partial charge in [-0.2, -0.15) is 17.0 Å². The summed E-state index contributed by atoms with van der Waals surface area (Å²) in [6.45, 7) is 0. The van der Waals surface area contributed by atoms with Crippen molar-refractivity contribution in [3.63, 3.8) is 0 Å². The van der Waals surface area contributed by atoms with Gasteiger partial charge in [0.05, 0.1) is 5.56 Å². The first kappa shape index (κ1) is 13.9. The van der Waals surface area contributed by atoms with E-state index in [0.29, 0.717) is 18.0 Å². The van der Waals surface area contributed by atoms with Gasteiger partial charge in [0.2, 0.25) is 5.91 Å². The van der Waals surface area contributed by atoms with E-state index in [4.69, 9.17) is 5.26 Å². The Labute approximate surface area is 116 Å². The minimum absolute atomic E-state index is 0.0492. The highest BCUT2D eigenvalue weighted by Gasteiger charge is 2.17. The van der Waals surface area contributed by atoms with E-state index < -0.39 is 5.82 Å². The third-order valence-electron chi connectivity index (χ3n) is 3.19. The van der Waals surface area contributed by atoms with Crippen molar-refractivity contribution in [2.24, 2.45) is 5.92 Å². The van der Waals surface area contributed by atoms with Crippen molar-refractivity contribution in [1.82, 2.24) is 0 Å². The van der Waals surface area contributed by atoms with Crippen LogP contribution in [0.3, 0.4) is 0 Å². The number of carbonyl (C=O) groups excluding carboxylic acids is 1. The molecule has 2 rings (SSSR count). The highest BCUT2D eigenvalue weighted by molar-refractivity contribution is 7.99. The normalized spacial score (nSPS) is 15.8. The third kappa shape index (κ3) is 3.97. The lowest BCUT2D eigenvalue weighted by Gasteiger charge is -2.20. The number of thioether (sulfide) groups is 1. The molecule has 1 aromatic rings. The molecule has 1 N–H and O–H groups in total. The van der Waals surface area contributed by atoms with Gasteiger partial charge in [-0.15, -0.1) is 0 Å². The molecule has 0 radical (unpaired) electrons. The van der Waals surface area contributed by atoms with Crippen LogP contribution >= 0.6 is 11.8 Å². The summed E-state index contributed by atoms with van der Waals surface area (Å²) in [4.78, 5) is 11.9. The molecule has 0 unspecified atom stereocenters. The third-order valence-corrected chi connectivity index (χ3v) is 4.23. The monoisotopic (exact) mass is 278 g/mol. The largest absolute Gasteiger partial charge is 0.326 e. The highest BCUT2D eigenvalue weighted by atomic mass is 32.2. The summed E-state index contributed by atoms with van der Waals surface area (Å²) in [5.74, 6) is 2.05. The Kier molecular flexibility index (Phi) is 4.80. The van der Waals surface area contributed by atoms with Crippen LogP contribution in [-0.2, 0) is 4.79 Å². The molecule has 0 bridgehead atoms. The first-order valence-corrected chi connectivity index (χ1v) is 7.42. The van der Waals surface area contributed by atoms with Gasteiger partial charge in [-0.25, -0.2) is 4.39 Å². The standard InChI is InChI=1S/C14H15FN2OS/c15-13-2-1-12(8-11(13)9-16)17-14(18)7-10-3-5-19-6-4-10/h1-2,8,10H,3-7H2,(H,17,18). The predicted molar refractivity (Wildman–Crippen MR) is 74.4 cm³/mol. The van der Waals surface area contributed by atoms with E-state index in [-0.39, 0.29) is 11.5 Å². The fourth-order valence-electron chi connectivity index (χ4n) is 2.11. The van der Waals surface area contributed by atoms with Crippen LogP contribution in [0, 0.1) is 23.1 Å². The Balaban J connectivity index is 1.93. The first-order chi connectivity index (χ1) is 9.19. The van der Waals surface area contributed by atoms with Crippen molar-refractivity contribution in [2.45, 2.75) is 19.3 Å². The van der Waals surface area contributed by atoms with Crippen LogP contribution in [-0.4, -0.2) is 17.4 Å². The second-order valence-electron chi connectivity index (χ2n) is 4.61. The molecule has 1 aliphatic heterocycles. The van der Waals surface area contributed by atoms with Crippen LogP contribution < -0.4 is 5.32 Å². The van der Waals surface area contributed by atoms with Gasteiger partial charge in [-0.3, -0.25) is 4.79 Å². The molecule has 1 aliphatic rings. The minimum atomic E-state index is -0.565. The summed E-state index contributed by atoms with van der Waals surface area (Å²) in [5, 5.41) is 11.5. The van der Waals surface area contributed by atoms with E-state index >= 15 is 0 Å². The Morgan fingerprint density at radius 2 is 2.21 bits per heavy atom. The Morgan fingerprint density at radius 1 is 1.47 bits per heavy atom. The second kappa shape index (κ2) is 6.58. The van der Waals surface area contributed by atoms with Crippen molar-refractivity contribution in [1.29, 1.82) is 5.26 Å². The topological polar surface area (TPSA) is 52.9 Å². The zero-order valence-corrected chi connectivity index (χ0v) is 11.3. The summed E-state index contributed by atoms with van der Waals surface area (Å²) in [7, 11) is 0. The Hall–Kier alpha value is -1.54. The molecule has 0 aliphatic carbocycles. The molecule has 0 spiro atoms. The molecular weight excluding hydrogens is 263 g/mol. The van der Waals surface area contributed by atoms with E-state index in [1.807, 2.05) is 11.8 Å². The zero-order chi connectivity index (χ0) is 13.7. The van der Waals surface area contributed by atoms with E-state index in [9.17, 15) is 9.18 Å². The van der Waals surface area contributed by atoms with Crippen LogP contribution in [0.4, 0.5) is 10.1 Å². The number of amides is 1. The van der Waals surface area contributed by atoms with Gasteiger partial charge < -0.3 is 5.32 Å². The van der Waals surface area contributed by atoms with E-state index in [2.05, 4.69) is 5.32 Å². The van der Waals surface area contributed by atoms with Gasteiger partial charge in [0.25, 0.3) is 0 Å². The lowest BCUT2D eigenvalue weighted by atomic mass is 9.98. The molecular formula is C14H15FN2OS. The van der Waals surface area contributed by atoms with Gasteiger partial charge in [0.1, 0.15) is 11.9 Å². The molecule has 1 aromatic carbocycles. The first-order valence-electron chi connectivity index (χ1n) is 6.26. The summed E-state index contributed by atoms with van der Waals surface area (Å²) < 4.78 is 13.1. The molecule has 1 saturated heterocycles. The molecule has 0 aromatic heterocycles. The SMILES string of the molecule is N#Cc1cc(NC(=O)CC2CCSCC2)ccc1F. The maximum atomic E-state index is 13.1. The van der Waals surface area contributed by atoms with Crippen molar-refractivity contribution >= 4 is 23.4 Å². The minimum Gasteiger partial charge on any atom is -0.326 e. The molecule has 1 heterocycles. The molecule has 3 nitrogen and oxygen atoms in total. The van der Waals surface area contributed by atoms with Crippen molar-refractivity contribution < 1.29 is 9.18 Å². The van der Waals surface area contributed by atoms with Crippen LogP contribution in [0.5, 0.6) is 0 Å². The molecule has 0 saturated carbocycles. The van der Waals surface area contributed by atoms with Crippen LogP contribution in [0.25, 0.3) is 0 Å². The molecule has 19 heavy (non-hydrogen) atoms. The van der Waals surface area contributed by atoms with E-state index in [0.717, 1.165) is 24.3 Å². The summed E-state index contributed by atoms with van der Waals surface area (Å²) >= 11 is 1.93. The van der Waals surface area contributed by atoms with Gasteiger partial charge in [-0.05, 0) is 48.5 Å². The summed E-state index contributed by atoms with van der Waals surface area (Å²) in [6, 6.07) is 5.80. The second-order valence-corrected chi connectivity index (χ2v) is 5.84. The van der Waals surface area contributed by atoms with Gasteiger partial charge >= 0.3 is 0 Å². The smallest absolute Gasteiger partial charge is 0.224 e. The van der Waals surface area contributed by atoms with Crippen LogP contribution in [0.15, 0.2) is 18.2 Å². The van der Waals surface area contributed by atoms with Crippen molar-refractivity contribution in [3.8, 4) is 6.07 Å². The zero-order valence-electron chi connectivity index (χ0n) is 10.5. The van der Waals surface area contributed by atoms with Crippen molar-refractivity contribution in [2.75, 3.05) is 16.8 Å². The fraction of sp³-hybridized carbons (Fsp3) is 0.429. The molecule has 1 amide bonds. The number of nitrogens with one attached hydrogen (secondary N) is 1. The molecule has 1 fully saturated rings. The predicted octanol–water partition coefficient (Wildman–Crippen LogP) is 3.17. The van der Waals surface area contributed by atoms with Gasteiger partial charge in [0, 0.05) is 12.1 Å². The maximum Gasteiger partial charge on any atom is 0.224 e. The lowest BCUT2D eigenvalue weighted by Crippen LogP contribution is -2.19.